The fourth-order valence-corrected chi connectivity index (χ4v) is 1.29. The third-order valence-electron chi connectivity index (χ3n) is 2.23. The Hall–Kier alpha value is -1.12. The highest BCUT2D eigenvalue weighted by atomic mass is 16.5. The first kappa shape index (κ1) is 12.0. The molecule has 15 heavy (non-hydrogen) atoms. The lowest BCUT2D eigenvalue weighted by atomic mass is 10.1. The van der Waals surface area contributed by atoms with Crippen molar-refractivity contribution >= 4 is 6.08 Å². The van der Waals surface area contributed by atoms with Crippen molar-refractivity contribution < 1.29 is 4.74 Å². The number of ether oxygens (including phenoxy) is 1. The summed E-state index contributed by atoms with van der Waals surface area (Å²) < 4.78 is 5.51. The molecule has 0 heterocycles. The van der Waals surface area contributed by atoms with Crippen molar-refractivity contribution in [2.75, 3.05) is 13.2 Å². The maximum absolute atomic E-state index is 5.51. The van der Waals surface area contributed by atoms with Crippen LogP contribution in [0.3, 0.4) is 0 Å². The Morgan fingerprint density at radius 1 is 1.20 bits per heavy atom. The van der Waals surface area contributed by atoms with E-state index in [4.69, 9.17) is 10.5 Å². The first-order valence-electron chi connectivity index (χ1n) is 5.36. The summed E-state index contributed by atoms with van der Waals surface area (Å²) in [5.41, 5.74) is 7.73. The van der Waals surface area contributed by atoms with Crippen LogP contribution in [0.5, 0.6) is 0 Å². The highest BCUT2D eigenvalue weighted by Gasteiger charge is 1.93. The zero-order chi connectivity index (χ0) is 10.9. The normalized spacial score (nSPS) is 10.2. The Bertz CT molecular complexity index is 279. The van der Waals surface area contributed by atoms with E-state index in [9.17, 15) is 0 Å². The largest absolute Gasteiger partial charge is 0.377 e. The lowest BCUT2D eigenvalue weighted by Gasteiger charge is -2.04. The Labute approximate surface area is 91.7 Å². The number of nitrogens with two attached hydrogens (primary N) is 1. The maximum atomic E-state index is 5.51. The molecule has 0 aliphatic carbocycles. The number of hydrogen-bond donors (Lipinski definition) is 1. The summed E-state index contributed by atoms with van der Waals surface area (Å²) in [6.07, 6.45) is 3.92. The summed E-state index contributed by atoms with van der Waals surface area (Å²) in [7, 11) is 0. The summed E-state index contributed by atoms with van der Waals surface area (Å²) in [6, 6.07) is 8.23. The molecule has 0 aliphatic rings. The Kier molecular flexibility index (Phi) is 5.74. The summed E-state index contributed by atoms with van der Waals surface area (Å²) in [5, 5.41) is 0. The molecule has 0 fully saturated rings. The van der Waals surface area contributed by atoms with Crippen LogP contribution in [0.2, 0.25) is 0 Å². The second-order valence-electron chi connectivity index (χ2n) is 3.49. The third kappa shape index (κ3) is 4.77. The summed E-state index contributed by atoms with van der Waals surface area (Å²) >= 11 is 0. The van der Waals surface area contributed by atoms with Gasteiger partial charge in [0, 0.05) is 6.61 Å². The van der Waals surface area contributed by atoms with E-state index < -0.39 is 0 Å². The third-order valence-corrected chi connectivity index (χ3v) is 2.23. The van der Waals surface area contributed by atoms with Gasteiger partial charge in [-0.3, -0.25) is 0 Å². The Morgan fingerprint density at radius 2 is 1.93 bits per heavy atom. The molecule has 0 amide bonds. The van der Waals surface area contributed by atoms with E-state index in [1.807, 2.05) is 18.2 Å². The zero-order valence-electron chi connectivity index (χ0n) is 9.11. The molecule has 0 radical (unpaired) electrons. The smallest absolute Gasteiger partial charge is 0.0716 e. The zero-order valence-corrected chi connectivity index (χ0v) is 9.11. The van der Waals surface area contributed by atoms with Crippen molar-refractivity contribution in [1.82, 2.24) is 0 Å². The molecular formula is C13H19NO. The second-order valence-corrected chi connectivity index (χ2v) is 3.49. The van der Waals surface area contributed by atoms with Gasteiger partial charge >= 0.3 is 0 Å². The average molecular weight is 205 g/mol. The van der Waals surface area contributed by atoms with Crippen molar-refractivity contribution in [3.63, 3.8) is 0 Å². The van der Waals surface area contributed by atoms with Crippen molar-refractivity contribution in [2.24, 2.45) is 5.73 Å². The monoisotopic (exact) mass is 205 g/mol. The summed E-state index contributed by atoms with van der Waals surface area (Å²) in [6.45, 7) is 5.94. The van der Waals surface area contributed by atoms with Crippen LogP contribution in [-0.2, 0) is 11.3 Å². The molecule has 0 bridgehead atoms. The topological polar surface area (TPSA) is 35.2 Å². The minimum absolute atomic E-state index is 0.683. The van der Waals surface area contributed by atoms with Crippen molar-refractivity contribution in [2.45, 2.75) is 19.4 Å². The van der Waals surface area contributed by atoms with Crippen LogP contribution in [0, 0.1) is 0 Å². The fraction of sp³-hybridized carbons (Fsp3) is 0.385. The minimum atomic E-state index is 0.683. The molecule has 0 saturated heterocycles. The lowest BCUT2D eigenvalue weighted by Crippen LogP contribution is -2.01. The number of unbranched alkanes of at least 4 members (excludes halogenated alkanes) is 1. The highest BCUT2D eigenvalue weighted by molar-refractivity contribution is 5.47. The van der Waals surface area contributed by atoms with Crippen LogP contribution in [0.1, 0.15) is 24.0 Å². The molecule has 1 rings (SSSR count). The Balaban J connectivity index is 2.22. The van der Waals surface area contributed by atoms with Crippen LogP contribution in [0.15, 0.2) is 30.8 Å². The van der Waals surface area contributed by atoms with Gasteiger partial charge in [-0.25, -0.2) is 0 Å². The average Bonchev–Trinajstić information content (AvgIpc) is 2.30. The van der Waals surface area contributed by atoms with Gasteiger partial charge in [0.1, 0.15) is 0 Å². The van der Waals surface area contributed by atoms with Gasteiger partial charge in [-0.05, 0) is 30.5 Å². The molecular weight excluding hydrogens is 186 g/mol. The molecule has 0 aliphatic heterocycles. The summed E-state index contributed by atoms with van der Waals surface area (Å²) in [4.78, 5) is 0. The second kappa shape index (κ2) is 7.21. The van der Waals surface area contributed by atoms with Gasteiger partial charge in [-0.15, -0.1) is 0 Å². The van der Waals surface area contributed by atoms with Gasteiger partial charge in [0.05, 0.1) is 6.61 Å². The summed E-state index contributed by atoms with van der Waals surface area (Å²) in [5.74, 6) is 0. The standard InChI is InChI=1S/C13H19NO/c1-2-12-5-7-13(8-6-12)11-15-10-4-3-9-14/h2,5-8H,1,3-4,9-11,14H2. The van der Waals surface area contributed by atoms with Crippen molar-refractivity contribution in [1.29, 1.82) is 0 Å². The molecule has 82 valence electrons. The van der Waals surface area contributed by atoms with E-state index in [-0.39, 0.29) is 0 Å². The lowest BCUT2D eigenvalue weighted by molar-refractivity contribution is 0.117. The van der Waals surface area contributed by atoms with Crippen molar-refractivity contribution in [3.8, 4) is 0 Å². The van der Waals surface area contributed by atoms with Crippen LogP contribution in [0.25, 0.3) is 6.08 Å². The van der Waals surface area contributed by atoms with Crippen LogP contribution in [-0.4, -0.2) is 13.2 Å². The van der Waals surface area contributed by atoms with Gasteiger partial charge in [0.2, 0.25) is 0 Å². The van der Waals surface area contributed by atoms with E-state index in [1.54, 1.807) is 0 Å². The molecule has 0 aromatic heterocycles. The van der Waals surface area contributed by atoms with E-state index in [2.05, 4.69) is 18.7 Å². The first-order valence-corrected chi connectivity index (χ1v) is 5.36. The predicted molar refractivity (Wildman–Crippen MR) is 64.5 cm³/mol. The molecule has 1 aromatic rings. The molecule has 0 atom stereocenters. The van der Waals surface area contributed by atoms with Crippen LogP contribution >= 0.6 is 0 Å². The van der Waals surface area contributed by atoms with Gasteiger partial charge in [0.15, 0.2) is 0 Å². The number of benzene rings is 1. The minimum Gasteiger partial charge on any atom is -0.377 e. The van der Waals surface area contributed by atoms with Crippen molar-refractivity contribution in [3.05, 3.63) is 42.0 Å². The molecule has 0 spiro atoms. The van der Waals surface area contributed by atoms with Gasteiger partial charge in [0.25, 0.3) is 0 Å². The van der Waals surface area contributed by atoms with E-state index >= 15 is 0 Å². The van der Waals surface area contributed by atoms with Gasteiger partial charge < -0.3 is 10.5 Å². The fourth-order valence-electron chi connectivity index (χ4n) is 1.29. The van der Waals surface area contributed by atoms with E-state index in [1.165, 1.54) is 5.56 Å². The molecule has 0 unspecified atom stereocenters. The molecule has 2 heteroatoms. The maximum Gasteiger partial charge on any atom is 0.0716 e. The molecule has 2 N–H and O–H groups in total. The van der Waals surface area contributed by atoms with Gasteiger partial charge in [-0.2, -0.15) is 0 Å². The van der Waals surface area contributed by atoms with Gasteiger partial charge in [-0.1, -0.05) is 36.9 Å². The SMILES string of the molecule is C=Cc1ccc(COCCCCN)cc1. The van der Waals surface area contributed by atoms with E-state index in [0.29, 0.717) is 6.61 Å². The van der Waals surface area contributed by atoms with E-state index in [0.717, 1.165) is 31.6 Å². The Morgan fingerprint density at radius 3 is 2.53 bits per heavy atom. The molecule has 1 aromatic carbocycles. The number of rotatable bonds is 7. The quantitative estimate of drug-likeness (QED) is 0.694. The molecule has 2 nitrogen and oxygen atoms in total. The molecule has 0 saturated carbocycles. The van der Waals surface area contributed by atoms with Crippen LogP contribution < -0.4 is 5.73 Å². The number of hydrogen-bond acceptors (Lipinski definition) is 2. The first-order chi connectivity index (χ1) is 7.36. The highest BCUT2D eigenvalue weighted by Crippen LogP contribution is 2.06. The van der Waals surface area contributed by atoms with Crippen LogP contribution in [0.4, 0.5) is 0 Å². The predicted octanol–water partition coefficient (Wildman–Crippen LogP) is 2.59.